The molecule has 0 aliphatic heterocycles. The van der Waals surface area contributed by atoms with E-state index in [0.29, 0.717) is 5.57 Å². The van der Waals surface area contributed by atoms with Crippen molar-refractivity contribution in [2.24, 2.45) is 0 Å². The summed E-state index contributed by atoms with van der Waals surface area (Å²) in [7, 11) is 0. The second-order valence-electron chi connectivity index (χ2n) is 3.25. The Kier molecular flexibility index (Phi) is 2.18. The summed E-state index contributed by atoms with van der Waals surface area (Å²) in [5.74, 6) is 1.94. The summed E-state index contributed by atoms with van der Waals surface area (Å²) in [6.45, 7) is 1.79. The summed E-state index contributed by atoms with van der Waals surface area (Å²) in [4.78, 5) is 10.6. The van der Waals surface area contributed by atoms with Gasteiger partial charge in [0.05, 0.1) is 0 Å². The van der Waals surface area contributed by atoms with Crippen LogP contribution in [-0.4, -0.2) is 5.94 Å². The average Bonchev–Trinajstić information content (AvgIpc) is 2.27. The van der Waals surface area contributed by atoms with Crippen LogP contribution in [0.2, 0.25) is 0 Å². The fraction of sp³-hybridized carbons (Fsp3) is 0.0769. The van der Waals surface area contributed by atoms with Gasteiger partial charge in [-0.1, -0.05) is 42.5 Å². The molecule has 0 heterocycles. The first-order valence-electron chi connectivity index (χ1n) is 4.53. The fourth-order valence-electron chi connectivity index (χ4n) is 1.61. The summed E-state index contributed by atoms with van der Waals surface area (Å²) < 4.78 is 0. The van der Waals surface area contributed by atoms with Crippen LogP contribution in [0.5, 0.6) is 0 Å². The van der Waals surface area contributed by atoms with Gasteiger partial charge < -0.3 is 0 Å². The zero-order valence-corrected chi connectivity index (χ0v) is 7.95. The zero-order valence-electron chi connectivity index (χ0n) is 7.95. The van der Waals surface area contributed by atoms with E-state index in [4.69, 9.17) is 0 Å². The fourth-order valence-corrected chi connectivity index (χ4v) is 1.61. The predicted molar refractivity (Wildman–Crippen MR) is 58.7 cm³/mol. The SMILES string of the molecule is CC(=C=O)c1cccc2ccccc12. The molecular formula is C13H10O. The van der Waals surface area contributed by atoms with Crippen LogP contribution < -0.4 is 0 Å². The van der Waals surface area contributed by atoms with E-state index >= 15 is 0 Å². The lowest BCUT2D eigenvalue weighted by molar-refractivity contribution is 0.569. The Labute approximate surface area is 82.7 Å². The Balaban J connectivity index is 2.84. The molecule has 0 aromatic heterocycles. The van der Waals surface area contributed by atoms with Crippen molar-refractivity contribution in [3.63, 3.8) is 0 Å². The molecule has 1 heteroatoms. The molecule has 0 aliphatic carbocycles. The lowest BCUT2D eigenvalue weighted by atomic mass is 10.0. The van der Waals surface area contributed by atoms with Gasteiger partial charge in [0.1, 0.15) is 5.94 Å². The van der Waals surface area contributed by atoms with E-state index in [9.17, 15) is 4.79 Å². The average molecular weight is 182 g/mol. The highest BCUT2D eigenvalue weighted by Gasteiger charge is 2.01. The minimum absolute atomic E-state index is 0.654. The van der Waals surface area contributed by atoms with Crippen molar-refractivity contribution in [1.82, 2.24) is 0 Å². The Morgan fingerprint density at radius 2 is 1.79 bits per heavy atom. The highest BCUT2D eigenvalue weighted by atomic mass is 16.1. The maximum atomic E-state index is 10.6. The topological polar surface area (TPSA) is 17.1 Å². The van der Waals surface area contributed by atoms with Gasteiger partial charge in [-0.2, -0.15) is 0 Å². The summed E-state index contributed by atoms with van der Waals surface area (Å²) in [6.07, 6.45) is 0. The van der Waals surface area contributed by atoms with Gasteiger partial charge in [0.25, 0.3) is 0 Å². The molecule has 0 N–H and O–H groups in total. The molecule has 0 bridgehead atoms. The van der Waals surface area contributed by atoms with Crippen LogP contribution in [-0.2, 0) is 4.79 Å². The van der Waals surface area contributed by atoms with Gasteiger partial charge in [-0.05, 0) is 23.3 Å². The molecule has 68 valence electrons. The maximum Gasteiger partial charge on any atom is 0.128 e. The molecule has 0 saturated carbocycles. The quantitative estimate of drug-likeness (QED) is 0.619. The minimum Gasteiger partial charge on any atom is -0.233 e. The van der Waals surface area contributed by atoms with Crippen molar-refractivity contribution >= 4 is 22.3 Å². The van der Waals surface area contributed by atoms with Crippen LogP contribution in [0, 0.1) is 0 Å². The molecule has 0 atom stereocenters. The van der Waals surface area contributed by atoms with Crippen molar-refractivity contribution in [2.45, 2.75) is 6.92 Å². The Morgan fingerprint density at radius 1 is 1.07 bits per heavy atom. The molecule has 0 radical (unpaired) electrons. The van der Waals surface area contributed by atoms with E-state index in [0.717, 1.165) is 16.3 Å². The first-order chi connectivity index (χ1) is 6.83. The van der Waals surface area contributed by atoms with Crippen molar-refractivity contribution in [1.29, 1.82) is 0 Å². The molecule has 0 aliphatic rings. The van der Waals surface area contributed by atoms with Crippen LogP contribution in [0.15, 0.2) is 42.5 Å². The van der Waals surface area contributed by atoms with Crippen LogP contribution in [0.3, 0.4) is 0 Å². The summed E-state index contributed by atoms with van der Waals surface area (Å²) in [5.41, 5.74) is 1.62. The van der Waals surface area contributed by atoms with Crippen molar-refractivity contribution in [3.05, 3.63) is 48.0 Å². The number of rotatable bonds is 1. The molecule has 0 spiro atoms. The van der Waals surface area contributed by atoms with Gasteiger partial charge >= 0.3 is 0 Å². The second kappa shape index (κ2) is 3.49. The minimum atomic E-state index is 0.654. The third-order valence-electron chi connectivity index (χ3n) is 2.35. The van der Waals surface area contributed by atoms with Gasteiger partial charge in [-0.15, -0.1) is 0 Å². The molecule has 0 unspecified atom stereocenters. The smallest absolute Gasteiger partial charge is 0.128 e. The number of benzene rings is 2. The largest absolute Gasteiger partial charge is 0.233 e. The standard InChI is InChI=1S/C13H10O/c1-10(9-14)12-8-4-6-11-5-2-3-7-13(11)12/h2-8H,1H3. The van der Waals surface area contributed by atoms with E-state index < -0.39 is 0 Å². The van der Waals surface area contributed by atoms with Crippen LogP contribution in [0.4, 0.5) is 0 Å². The third kappa shape index (κ3) is 1.34. The van der Waals surface area contributed by atoms with Crippen molar-refractivity contribution in [2.75, 3.05) is 0 Å². The van der Waals surface area contributed by atoms with Gasteiger partial charge in [-0.3, -0.25) is 0 Å². The van der Waals surface area contributed by atoms with E-state index in [2.05, 4.69) is 0 Å². The molecule has 0 amide bonds. The molecule has 14 heavy (non-hydrogen) atoms. The maximum absolute atomic E-state index is 10.6. The van der Waals surface area contributed by atoms with Gasteiger partial charge in [0, 0.05) is 5.57 Å². The van der Waals surface area contributed by atoms with Crippen molar-refractivity contribution < 1.29 is 4.79 Å². The Hall–Kier alpha value is -1.85. The lowest BCUT2D eigenvalue weighted by Crippen LogP contribution is -1.82. The monoisotopic (exact) mass is 182 g/mol. The zero-order chi connectivity index (χ0) is 9.97. The Morgan fingerprint density at radius 3 is 2.57 bits per heavy atom. The van der Waals surface area contributed by atoms with Gasteiger partial charge in [-0.25, -0.2) is 4.79 Å². The summed E-state index contributed by atoms with van der Waals surface area (Å²) in [5, 5.41) is 2.26. The Bertz CT molecular complexity index is 514. The number of hydrogen-bond donors (Lipinski definition) is 0. The molecule has 2 aromatic rings. The lowest BCUT2D eigenvalue weighted by Gasteiger charge is -2.03. The van der Waals surface area contributed by atoms with Gasteiger partial charge in [0.2, 0.25) is 0 Å². The van der Waals surface area contributed by atoms with E-state index in [1.165, 1.54) is 0 Å². The third-order valence-corrected chi connectivity index (χ3v) is 2.35. The normalized spacial score (nSPS) is 9.79. The summed E-state index contributed by atoms with van der Waals surface area (Å²) in [6, 6.07) is 14.0. The van der Waals surface area contributed by atoms with Crippen LogP contribution in [0.25, 0.3) is 16.3 Å². The molecular weight excluding hydrogens is 172 g/mol. The van der Waals surface area contributed by atoms with Crippen LogP contribution >= 0.6 is 0 Å². The molecule has 0 saturated heterocycles. The molecule has 0 fully saturated rings. The van der Waals surface area contributed by atoms with E-state index in [1.807, 2.05) is 48.4 Å². The predicted octanol–water partition coefficient (Wildman–Crippen LogP) is 3.07. The number of hydrogen-bond acceptors (Lipinski definition) is 1. The van der Waals surface area contributed by atoms with Crippen LogP contribution in [0.1, 0.15) is 12.5 Å². The summed E-state index contributed by atoms with van der Waals surface area (Å²) >= 11 is 0. The van der Waals surface area contributed by atoms with E-state index in [1.54, 1.807) is 6.92 Å². The number of carbonyl (C=O) groups excluding carboxylic acids is 1. The first-order valence-corrected chi connectivity index (χ1v) is 4.53. The first kappa shape index (κ1) is 8.74. The molecule has 2 aromatic carbocycles. The number of fused-ring (bicyclic) bond motifs is 1. The number of allylic oxidation sites excluding steroid dienone is 1. The molecule has 2 rings (SSSR count). The highest BCUT2D eigenvalue weighted by Crippen LogP contribution is 2.22. The molecule has 1 nitrogen and oxygen atoms in total. The van der Waals surface area contributed by atoms with Gasteiger partial charge in [0.15, 0.2) is 0 Å². The van der Waals surface area contributed by atoms with E-state index in [-0.39, 0.29) is 0 Å². The van der Waals surface area contributed by atoms with Crippen molar-refractivity contribution in [3.8, 4) is 0 Å². The second-order valence-corrected chi connectivity index (χ2v) is 3.25. The highest BCUT2D eigenvalue weighted by molar-refractivity contribution is 5.99.